The number of aldehydes is 1. The van der Waals surface area contributed by atoms with Crippen LogP contribution >= 0.6 is 11.6 Å². The number of fused-ring (bicyclic) bond motifs is 1. The molecule has 1 aliphatic heterocycles. The monoisotopic (exact) mass is 234 g/mol. The summed E-state index contributed by atoms with van der Waals surface area (Å²) in [7, 11) is 0. The molecule has 0 N–H and O–H groups in total. The van der Waals surface area contributed by atoms with Crippen LogP contribution in [0.3, 0.4) is 0 Å². The normalized spacial score (nSPS) is 14.1. The Balaban J connectivity index is 2.54. The molecule has 1 aliphatic rings. The highest BCUT2D eigenvalue weighted by Gasteiger charge is 2.35. The van der Waals surface area contributed by atoms with Gasteiger partial charge in [-0.05, 0) is 6.07 Å². The highest BCUT2D eigenvalue weighted by Crippen LogP contribution is 2.41. The zero-order valence-electron chi connectivity index (χ0n) is 7.30. The van der Waals surface area contributed by atoms with E-state index in [0.717, 1.165) is 6.07 Å². The number of rotatable bonds is 2. The molecule has 80 valence electrons. The maximum absolute atomic E-state index is 13.1. The fraction of sp³-hybridized carbons (Fsp3) is 0.222. The Morgan fingerprint density at radius 2 is 1.93 bits per heavy atom. The topological polar surface area (TPSA) is 35.5 Å². The lowest BCUT2D eigenvalue weighted by Gasteiger charge is -2.11. The molecule has 0 aromatic heterocycles. The Kier molecular flexibility index (Phi) is 2.26. The first kappa shape index (κ1) is 10.2. The first-order chi connectivity index (χ1) is 7.04. The van der Waals surface area contributed by atoms with Crippen molar-refractivity contribution < 1.29 is 23.0 Å². The summed E-state index contributed by atoms with van der Waals surface area (Å²) in [6, 6.07) is 2.22. The third-order valence-electron chi connectivity index (χ3n) is 1.97. The summed E-state index contributed by atoms with van der Waals surface area (Å²) in [4.78, 5) is 10.2. The summed E-state index contributed by atoms with van der Waals surface area (Å²) in [6.07, 6.45) is -0.462. The van der Waals surface area contributed by atoms with Crippen molar-refractivity contribution in [3.63, 3.8) is 0 Å². The summed E-state index contributed by atoms with van der Waals surface area (Å²) in [5.74, 6) is -3.15. The lowest BCUT2D eigenvalue weighted by molar-refractivity contribution is -0.130. The van der Waals surface area contributed by atoms with Gasteiger partial charge in [0.05, 0.1) is 10.6 Å². The van der Waals surface area contributed by atoms with Crippen LogP contribution in [-0.2, 0) is 10.7 Å². The Morgan fingerprint density at radius 3 is 2.53 bits per heavy atom. The van der Waals surface area contributed by atoms with E-state index in [0.29, 0.717) is 5.75 Å². The summed E-state index contributed by atoms with van der Waals surface area (Å²) in [5.41, 5.74) is -0.580. The molecule has 0 amide bonds. The molecule has 3 nitrogen and oxygen atoms in total. The van der Waals surface area contributed by atoms with Crippen LogP contribution in [0.1, 0.15) is 5.56 Å². The molecule has 0 unspecified atom stereocenters. The zero-order chi connectivity index (χ0) is 11.1. The number of hydrogen-bond acceptors (Lipinski definition) is 3. The van der Waals surface area contributed by atoms with Crippen molar-refractivity contribution in [3.8, 4) is 11.5 Å². The lowest BCUT2D eigenvalue weighted by atomic mass is 10.1. The van der Waals surface area contributed by atoms with Gasteiger partial charge in [0.25, 0.3) is 0 Å². The molecule has 0 aliphatic carbocycles. The van der Waals surface area contributed by atoms with Gasteiger partial charge in [0, 0.05) is 6.07 Å². The fourth-order valence-electron chi connectivity index (χ4n) is 1.24. The van der Waals surface area contributed by atoms with Gasteiger partial charge in [-0.25, -0.2) is 0 Å². The molecule has 0 bridgehead atoms. The van der Waals surface area contributed by atoms with E-state index >= 15 is 0 Å². The van der Waals surface area contributed by atoms with Gasteiger partial charge < -0.3 is 9.47 Å². The minimum atomic E-state index is -3.61. The molecule has 0 atom stereocenters. The van der Waals surface area contributed by atoms with Gasteiger partial charge in [-0.2, -0.15) is 8.78 Å². The summed E-state index contributed by atoms with van der Waals surface area (Å²) < 4.78 is 36.0. The van der Waals surface area contributed by atoms with E-state index < -0.39 is 17.8 Å². The molecule has 2 rings (SSSR count). The highest BCUT2D eigenvalue weighted by molar-refractivity contribution is 6.31. The van der Waals surface area contributed by atoms with Crippen LogP contribution in [0, 0.1) is 0 Å². The minimum absolute atomic E-state index is 0.0399. The summed E-state index contributed by atoms with van der Waals surface area (Å²) in [6.45, 7) is -0.0399. The van der Waals surface area contributed by atoms with Crippen LogP contribution in [0.15, 0.2) is 12.1 Å². The van der Waals surface area contributed by atoms with Gasteiger partial charge in [-0.15, -0.1) is 0 Å². The molecule has 1 heterocycles. The van der Waals surface area contributed by atoms with Gasteiger partial charge in [0.2, 0.25) is 6.79 Å². The number of benzene rings is 1. The third-order valence-corrected chi connectivity index (χ3v) is 2.28. The van der Waals surface area contributed by atoms with Gasteiger partial charge >= 0.3 is 5.92 Å². The maximum atomic E-state index is 13.1. The fourth-order valence-corrected chi connectivity index (χ4v) is 1.52. The first-order valence-electron chi connectivity index (χ1n) is 3.98. The second-order valence-corrected chi connectivity index (χ2v) is 3.33. The molecular formula is C9H5ClF2O3. The molecule has 0 fully saturated rings. The van der Waals surface area contributed by atoms with E-state index in [1.165, 1.54) is 6.07 Å². The first-order valence-corrected chi connectivity index (χ1v) is 4.36. The van der Waals surface area contributed by atoms with Gasteiger partial charge in [0.15, 0.2) is 17.8 Å². The van der Waals surface area contributed by atoms with Crippen LogP contribution < -0.4 is 9.47 Å². The Bertz CT molecular complexity index is 420. The predicted molar refractivity (Wildman–Crippen MR) is 47.5 cm³/mol. The number of carbonyl (C=O) groups excluding carboxylic acids is 1. The molecular weight excluding hydrogens is 230 g/mol. The SMILES string of the molecule is O=CC(F)(F)c1cc2c(cc1Cl)OCO2. The van der Waals surface area contributed by atoms with Crippen molar-refractivity contribution in [2.24, 2.45) is 0 Å². The van der Waals surface area contributed by atoms with Crippen LogP contribution in [0.2, 0.25) is 5.02 Å². The number of carbonyl (C=O) groups is 1. The van der Waals surface area contributed by atoms with E-state index in [9.17, 15) is 13.6 Å². The van der Waals surface area contributed by atoms with E-state index in [-0.39, 0.29) is 17.6 Å². The standard InChI is InChI=1S/C9H5ClF2O3/c10-6-2-8-7(14-4-15-8)1-5(6)9(11,12)3-13/h1-3H,4H2. The molecule has 0 saturated carbocycles. The zero-order valence-corrected chi connectivity index (χ0v) is 8.05. The lowest BCUT2D eigenvalue weighted by Crippen LogP contribution is -2.15. The molecule has 6 heteroatoms. The maximum Gasteiger partial charge on any atom is 0.329 e. The number of halogens is 3. The van der Waals surface area contributed by atoms with Crippen LogP contribution in [0.4, 0.5) is 8.78 Å². The average Bonchev–Trinajstić information content (AvgIpc) is 2.63. The minimum Gasteiger partial charge on any atom is -0.454 e. The second-order valence-electron chi connectivity index (χ2n) is 2.93. The summed E-state index contributed by atoms with van der Waals surface area (Å²) >= 11 is 5.60. The van der Waals surface area contributed by atoms with Crippen molar-refractivity contribution in [1.82, 2.24) is 0 Å². The van der Waals surface area contributed by atoms with E-state index in [2.05, 4.69) is 0 Å². The highest BCUT2D eigenvalue weighted by atomic mass is 35.5. The number of hydrogen-bond donors (Lipinski definition) is 0. The third kappa shape index (κ3) is 1.63. The van der Waals surface area contributed by atoms with Crippen LogP contribution in [0.5, 0.6) is 11.5 Å². The molecule has 15 heavy (non-hydrogen) atoms. The largest absolute Gasteiger partial charge is 0.454 e. The smallest absolute Gasteiger partial charge is 0.329 e. The van der Waals surface area contributed by atoms with Crippen molar-refractivity contribution in [3.05, 3.63) is 22.7 Å². The van der Waals surface area contributed by atoms with Crippen LogP contribution in [0.25, 0.3) is 0 Å². The predicted octanol–water partition coefficient (Wildman–Crippen LogP) is 2.36. The van der Waals surface area contributed by atoms with E-state index in [1.54, 1.807) is 0 Å². The van der Waals surface area contributed by atoms with Crippen molar-refractivity contribution >= 4 is 17.9 Å². The molecule has 0 radical (unpaired) electrons. The number of alkyl halides is 2. The summed E-state index contributed by atoms with van der Waals surface area (Å²) in [5, 5.41) is -0.226. The van der Waals surface area contributed by atoms with E-state index in [4.69, 9.17) is 21.1 Å². The van der Waals surface area contributed by atoms with Gasteiger partial charge in [0.1, 0.15) is 0 Å². The number of ether oxygens (including phenoxy) is 2. The average molecular weight is 235 g/mol. The van der Waals surface area contributed by atoms with Gasteiger partial charge in [-0.3, -0.25) is 4.79 Å². The Labute approximate surface area is 88.5 Å². The van der Waals surface area contributed by atoms with Crippen LogP contribution in [-0.4, -0.2) is 13.1 Å². The van der Waals surface area contributed by atoms with Crippen molar-refractivity contribution in [2.45, 2.75) is 5.92 Å². The molecule has 0 spiro atoms. The van der Waals surface area contributed by atoms with Crippen molar-refractivity contribution in [1.29, 1.82) is 0 Å². The molecule has 1 aromatic rings. The second kappa shape index (κ2) is 3.34. The Morgan fingerprint density at radius 1 is 1.33 bits per heavy atom. The Hall–Kier alpha value is -1.36. The molecule has 0 saturated heterocycles. The quantitative estimate of drug-likeness (QED) is 0.737. The van der Waals surface area contributed by atoms with Crippen molar-refractivity contribution in [2.75, 3.05) is 6.79 Å². The van der Waals surface area contributed by atoms with Gasteiger partial charge in [-0.1, -0.05) is 11.6 Å². The van der Waals surface area contributed by atoms with E-state index in [1.807, 2.05) is 0 Å². The molecule has 1 aromatic carbocycles.